The molecule has 1 aromatic rings. The summed E-state index contributed by atoms with van der Waals surface area (Å²) < 4.78 is 0. The molecule has 0 saturated heterocycles. The van der Waals surface area contributed by atoms with E-state index in [4.69, 9.17) is 0 Å². The molecule has 0 spiro atoms. The van der Waals surface area contributed by atoms with Gasteiger partial charge >= 0.3 is 0 Å². The number of hydrogen-bond donors (Lipinski definition) is 1. The lowest BCUT2D eigenvalue weighted by Gasteiger charge is -2.43. The zero-order valence-corrected chi connectivity index (χ0v) is 11.7. The van der Waals surface area contributed by atoms with Crippen LogP contribution in [0.15, 0.2) is 35.7 Å². The molecule has 0 radical (unpaired) electrons. The number of hydrogen-bond acceptors (Lipinski definition) is 3. The van der Waals surface area contributed by atoms with Crippen LogP contribution in [0.4, 0.5) is 0 Å². The molecule has 0 bridgehead atoms. The summed E-state index contributed by atoms with van der Waals surface area (Å²) in [5.41, 5.74) is 3.82. The molecular weight excluding hydrogens is 248 g/mol. The second-order valence-corrected chi connectivity index (χ2v) is 6.00. The normalized spacial score (nSPS) is 25.3. The van der Waals surface area contributed by atoms with Gasteiger partial charge in [-0.2, -0.15) is 0 Å². The van der Waals surface area contributed by atoms with Gasteiger partial charge in [0, 0.05) is 25.1 Å². The number of nitrogens with one attached hydrogen (secondary N) is 1. The van der Waals surface area contributed by atoms with Crippen LogP contribution in [0.1, 0.15) is 42.9 Å². The molecule has 0 fully saturated rings. The molecular formula is C17H20N2O. The predicted octanol–water partition coefficient (Wildman–Crippen LogP) is 2.54. The van der Waals surface area contributed by atoms with Crippen LogP contribution in [-0.4, -0.2) is 23.8 Å². The summed E-state index contributed by atoms with van der Waals surface area (Å²) in [5, 5.41) is 3.53. The molecule has 0 amide bonds. The molecule has 1 atom stereocenters. The van der Waals surface area contributed by atoms with E-state index in [-0.39, 0.29) is 6.04 Å². The number of nitrogens with zero attached hydrogens (tertiary/aromatic N) is 1. The second-order valence-electron chi connectivity index (χ2n) is 6.00. The van der Waals surface area contributed by atoms with Crippen molar-refractivity contribution in [1.82, 2.24) is 10.2 Å². The van der Waals surface area contributed by atoms with Crippen molar-refractivity contribution in [2.75, 3.05) is 13.1 Å². The van der Waals surface area contributed by atoms with Gasteiger partial charge < -0.3 is 10.2 Å². The van der Waals surface area contributed by atoms with Gasteiger partial charge in [0.05, 0.1) is 6.04 Å². The summed E-state index contributed by atoms with van der Waals surface area (Å²) in [4.78, 5) is 15.0. The third-order valence-corrected chi connectivity index (χ3v) is 4.85. The molecule has 3 aliphatic heterocycles. The Morgan fingerprint density at radius 3 is 3.00 bits per heavy atom. The minimum absolute atomic E-state index is 0.247. The number of rotatable bonds is 0. The van der Waals surface area contributed by atoms with Crippen LogP contribution in [0.25, 0.3) is 0 Å². The Kier molecular flexibility index (Phi) is 2.79. The second kappa shape index (κ2) is 4.65. The van der Waals surface area contributed by atoms with Crippen LogP contribution in [0.5, 0.6) is 0 Å². The van der Waals surface area contributed by atoms with Crippen molar-refractivity contribution in [2.45, 2.75) is 38.1 Å². The summed E-state index contributed by atoms with van der Waals surface area (Å²) in [7, 11) is 0. The van der Waals surface area contributed by atoms with Crippen molar-refractivity contribution >= 4 is 5.78 Å². The summed E-state index contributed by atoms with van der Waals surface area (Å²) in [6.45, 7) is 2.03. The average molecular weight is 268 g/mol. The summed E-state index contributed by atoms with van der Waals surface area (Å²) >= 11 is 0. The maximum Gasteiger partial charge on any atom is 0.164 e. The van der Waals surface area contributed by atoms with Crippen molar-refractivity contribution < 1.29 is 4.79 Å². The molecule has 1 unspecified atom stereocenters. The van der Waals surface area contributed by atoms with Crippen LogP contribution < -0.4 is 5.32 Å². The van der Waals surface area contributed by atoms with E-state index < -0.39 is 0 Å². The van der Waals surface area contributed by atoms with E-state index in [1.807, 2.05) is 0 Å². The van der Waals surface area contributed by atoms with Crippen LogP contribution >= 0.6 is 0 Å². The fourth-order valence-electron chi connectivity index (χ4n) is 3.84. The van der Waals surface area contributed by atoms with Crippen LogP contribution in [0, 0.1) is 0 Å². The summed E-state index contributed by atoms with van der Waals surface area (Å²) in [5.74, 6) is 1.49. The van der Waals surface area contributed by atoms with Crippen molar-refractivity contribution in [3.8, 4) is 0 Å². The average Bonchev–Trinajstić information content (AvgIpc) is 2.74. The first-order valence-electron chi connectivity index (χ1n) is 7.69. The molecule has 0 saturated carbocycles. The Labute approximate surface area is 119 Å². The zero-order valence-electron chi connectivity index (χ0n) is 11.7. The zero-order chi connectivity index (χ0) is 13.5. The Balaban J connectivity index is 1.78. The van der Waals surface area contributed by atoms with Gasteiger partial charge in [-0.1, -0.05) is 24.3 Å². The monoisotopic (exact) mass is 268 g/mol. The fraction of sp³-hybridized carbons (Fsp3) is 0.471. The highest BCUT2D eigenvalue weighted by Crippen LogP contribution is 2.40. The van der Waals surface area contributed by atoms with Crippen LogP contribution in [0.3, 0.4) is 0 Å². The molecule has 1 aromatic carbocycles. The van der Waals surface area contributed by atoms with Gasteiger partial charge in [-0.3, -0.25) is 4.79 Å². The number of carbonyl (C=O) groups is 1. The molecule has 3 heteroatoms. The van der Waals surface area contributed by atoms with Gasteiger partial charge in [-0.15, -0.1) is 0 Å². The van der Waals surface area contributed by atoms with Crippen molar-refractivity contribution in [3.05, 3.63) is 46.8 Å². The van der Waals surface area contributed by atoms with Gasteiger partial charge in [0.1, 0.15) is 5.82 Å². The van der Waals surface area contributed by atoms with Gasteiger partial charge in [0.25, 0.3) is 0 Å². The van der Waals surface area contributed by atoms with Crippen molar-refractivity contribution in [3.63, 3.8) is 0 Å². The number of fused-ring (bicyclic) bond motifs is 4. The minimum Gasteiger partial charge on any atom is -0.371 e. The standard InChI is InChI=1S/C17H20N2O/c20-16-11-15-13-6-2-1-5-12(13)8-10-19(15)17-14(16)7-3-4-9-18-17/h1-2,5-6,15,18H,3-4,7-11H2. The number of carbonyl (C=O) groups excluding carboxylic acids is 1. The highest BCUT2D eigenvalue weighted by molar-refractivity contribution is 5.97. The van der Waals surface area contributed by atoms with E-state index in [9.17, 15) is 4.79 Å². The van der Waals surface area contributed by atoms with Crippen LogP contribution in [0.2, 0.25) is 0 Å². The van der Waals surface area contributed by atoms with Gasteiger partial charge in [-0.05, 0) is 36.8 Å². The topological polar surface area (TPSA) is 32.3 Å². The molecule has 0 aromatic heterocycles. The van der Waals surface area contributed by atoms with E-state index in [1.54, 1.807) is 0 Å². The fourth-order valence-corrected chi connectivity index (χ4v) is 3.84. The third kappa shape index (κ3) is 1.76. The maximum atomic E-state index is 12.5. The highest BCUT2D eigenvalue weighted by atomic mass is 16.1. The third-order valence-electron chi connectivity index (χ3n) is 4.85. The Morgan fingerprint density at radius 1 is 1.15 bits per heavy atom. The molecule has 3 nitrogen and oxygen atoms in total. The lowest BCUT2D eigenvalue weighted by Crippen LogP contribution is -2.44. The van der Waals surface area contributed by atoms with E-state index in [0.717, 1.165) is 50.2 Å². The summed E-state index contributed by atoms with van der Waals surface area (Å²) in [6, 6.07) is 8.85. The molecule has 4 rings (SSSR count). The first-order valence-corrected chi connectivity index (χ1v) is 7.69. The van der Waals surface area contributed by atoms with Crippen molar-refractivity contribution in [1.29, 1.82) is 0 Å². The first-order chi connectivity index (χ1) is 9.84. The quantitative estimate of drug-likeness (QED) is 0.785. The SMILES string of the molecule is O=C1CC2c3ccccc3CCN2C2=C1CCCCN2. The summed E-state index contributed by atoms with van der Waals surface area (Å²) in [6.07, 6.45) is 4.98. The minimum atomic E-state index is 0.247. The van der Waals surface area contributed by atoms with Gasteiger partial charge in [0.15, 0.2) is 5.78 Å². The van der Waals surface area contributed by atoms with E-state index in [2.05, 4.69) is 34.5 Å². The van der Waals surface area contributed by atoms with Crippen molar-refractivity contribution in [2.24, 2.45) is 0 Å². The van der Waals surface area contributed by atoms with Gasteiger partial charge in [0.2, 0.25) is 0 Å². The number of benzene rings is 1. The molecule has 20 heavy (non-hydrogen) atoms. The molecule has 3 aliphatic rings. The molecule has 1 N–H and O–H groups in total. The Morgan fingerprint density at radius 2 is 2.05 bits per heavy atom. The molecule has 3 heterocycles. The van der Waals surface area contributed by atoms with Gasteiger partial charge in [-0.25, -0.2) is 0 Å². The number of allylic oxidation sites excluding steroid dienone is 1. The number of ketones is 1. The molecule has 0 aliphatic carbocycles. The number of Topliss-reactive ketones (excluding diaryl/α,β-unsaturated/α-hetero) is 1. The predicted molar refractivity (Wildman–Crippen MR) is 78.1 cm³/mol. The molecule has 104 valence electrons. The highest BCUT2D eigenvalue weighted by Gasteiger charge is 2.37. The smallest absolute Gasteiger partial charge is 0.164 e. The van der Waals surface area contributed by atoms with E-state index in [0.29, 0.717) is 12.2 Å². The maximum absolute atomic E-state index is 12.5. The largest absolute Gasteiger partial charge is 0.371 e. The lowest BCUT2D eigenvalue weighted by atomic mass is 9.85. The lowest BCUT2D eigenvalue weighted by molar-refractivity contribution is -0.118. The van der Waals surface area contributed by atoms with Crippen LogP contribution in [-0.2, 0) is 11.2 Å². The Hall–Kier alpha value is -1.77. The van der Waals surface area contributed by atoms with E-state index >= 15 is 0 Å². The first kappa shape index (κ1) is 12.0. The van der Waals surface area contributed by atoms with E-state index in [1.165, 1.54) is 11.1 Å². The Bertz CT molecular complexity index is 590.